The van der Waals surface area contributed by atoms with Gasteiger partial charge in [0.1, 0.15) is 11.2 Å². The fourth-order valence-electron chi connectivity index (χ4n) is 2.92. The normalized spacial score (nSPS) is 18.9. The van der Waals surface area contributed by atoms with Gasteiger partial charge in [0.05, 0.1) is 17.2 Å². The maximum Gasteiger partial charge on any atom is 0.322 e. The number of carbonyl (C=O) groups is 3. The minimum Gasteiger partial charge on any atom is -0.321 e. The van der Waals surface area contributed by atoms with Crippen molar-refractivity contribution in [3.63, 3.8) is 0 Å². The summed E-state index contributed by atoms with van der Waals surface area (Å²) in [5.41, 5.74) is 1.33. The number of aromatic nitrogens is 2. The van der Waals surface area contributed by atoms with Crippen molar-refractivity contribution in [2.45, 2.75) is 12.5 Å². The molecule has 1 aromatic heterocycles. The van der Waals surface area contributed by atoms with Gasteiger partial charge in [-0.3, -0.25) is 19.9 Å². The molecule has 1 fully saturated rings. The predicted molar refractivity (Wildman–Crippen MR) is 98.0 cm³/mol. The number of fused-ring (bicyclic) bond motifs is 1. The van der Waals surface area contributed by atoms with Gasteiger partial charge in [0.2, 0.25) is 0 Å². The summed E-state index contributed by atoms with van der Waals surface area (Å²) in [6.45, 7) is 1.60. The van der Waals surface area contributed by atoms with Crippen molar-refractivity contribution in [2.75, 3.05) is 5.32 Å². The molecule has 3 aromatic rings. The van der Waals surface area contributed by atoms with Gasteiger partial charge in [-0.2, -0.15) is 0 Å². The second-order valence-corrected chi connectivity index (χ2v) is 6.31. The van der Waals surface area contributed by atoms with Crippen molar-refractivity contribution in [1.29, 1.82) is 0 Å². The highest BCUT2D eigenvalue weighted by Crippen LogP contribution is 2.26. The lowest BCUT2D eigenvalue weighted by molar-refractivity contribution is -0.123. The lowest BCUT2D eigenvalue weighted by atomic mass is 9.92. The number of imide groups is 1. The zero-order chi connectivity index (χ0) is 19.0. The lowest BCUT2D eigenvalue weighted by Crippen LogP contribution is -2.40. The van der Waals surface area contributed by atoms with Gasteiger partial charge in [-0.1, -0.05) is 24.3 Å². The van der Waals surface area contributed by atoms with Gasteiger partial charge in [-0.15, -0.1) is 0 Å². The van der Waals surface area contributed by atoms with Crippen LogP contribution in [0.1, 0.15) is 23.0 Å². The lowest BCUT2D eigenvalue weighted by Gasteiger charge is -2.21. The van der Waals surface area contributed by atoms with Gasteiger partial charge < -0.3 is 10.6 Å². The van der Waals surface area contributed by atoms with Gasteiger partial charge in [0.25, 0.3) is 11.8 Å². The average molecular weight is 361 g/mol. The summed E-state index contributed by atoms with van der Waals surface area (Å²) in [7, 11) is 0. The quantitative estimate of drug-likeness (QED) is 0.617. The SMILES string of the molecule is C[C@@]1(c2cccc(NC(=O)c3cnc4ccccc4n3)c2)NC(=O)NC1=O. The largest absolute Gasteiger partial charge is 0.322 e. The summed E-state index contributed by atoms with van der Waals surface area (Å²) in [6.07, 6.45) is 1.41. The smallest absolute Gasteiger partial charge is 0.321 e. The number of hydrogen-bond donors (Lipinski definition) is 3. The molecule has 4 amide bonds. The van der Waals surface area contributed by atoms with E-state index in [1.54, 1.807) is 37.3 Å². The number of nitrogens with zero attached hydrogens (tertiary/aromatic N) is 2. The number of anilines is 1. The second-order valence-electron chi connectivity index (χ2n) is 6.31. The molecule has 1 atom stereocenters. The van der Waals surface area contributed by atoms with E-state index in [4.69, 9.17) is 0 Å². The first-order chi connectivity index (χ1) is 13.0. The van der Waals surface area contributed by atoms with Crippen LogP contribution in [0.15, 0.2) is 54.7 Å². The van der Waals surface area contributed by atoms with Crippen molar-refractivity contribution < 1.29 is 14.4 Å². The highest BCUT2D eigenvalue weighted by Gasteiger charge is 2.43. The van der Waals surface area contributed by atoms with E-state index < -0.39 is 23.4 Å². The highest BCUT2D eigenvalue weighted by molar-refractivity contribution is 6.07. The molecule has 4 rings (SSSR count). The maximum atomic E-state index is 12.5. The molecule has 0 aliphatic carbocycles. The van der Waals surface area contributed by atoms with Crippen molar-refractivity contribution >= 4 is 34.6 Å². The third-order valence-electron chi connectivity index (χ3n) is 4.42. The molecule has 3 N–H and O–H groups in total. The predicted octanol–water partition coefficient (Wildman–Crippen LogP) is 1.94. The fraction of sp³-hybridized carbons (Fsp3) is 0.105. The molecule has 0 bridgehead atoms. The van der Waals surface area contributed by atoms with E-state index in [0.717, 1.165) is 0 Å². The van der Waals surface area contributed by atoms with Crippen LogP contribution >= 0.6 is 0 Å². The van der Waals surface area contributed by atoms with Crippen LogP contribution in [0.4, 0.5) is 10.5 Å². The molecule has 2 heterocycles. The summed E-state index contributed by atoms with van der Waals surface area (Å²) >= 11 is 0. The zero-order valence-corrected chi connectivity index (χ0v) is 14.3. The first kappa shape index (κ1) is 16.6. The number of urea groups is 1. The molecule has 134 valence electrons. The molecule has 1 aliphatic heterocycles. The Hall–Kier alpha value is -3.81. The number of rotatable bonds is 3. The Morgan fingerprint density at radius 2 is 1.85 bits per heavy atom. The maximum absolute atomic E-state index is 12.5. The third kappa shape index (κ3) is 2.97. The Kier molecular flexibility index (Phi) is 3.80. The van der Waals surface area contributed by atoms with Crippen LogP contribution in [0.5, 0.6) is 0 Å². The number of carbonyl (C=O) groups excluding carboxylic acids is 3. The van der Waals surface area contributed by atoms with Crippen molar-refractivity contribution in [3.8, 4) is 0 Å². The number of para-hydroxylation sites is 2. The molecule has 8 nitrogen and oxygen atoms in total. The molecule has 1 saturated heterocycles. The summed E-state index contributed by atoms with van der Waals surface area (Å²) in [4.78, 5) is 44.6. The summed E-state index contributed by atoms with van der Waals surface area (Å²) < 4.78 is 0. The number of amides is 4. The molecule has 27 heavy (non-hydrogen) atoms. The van der Waals surface area contributed by atoms with Gasteiger partial charge >= 0.3 is 6.03 Å². The van der Waals surface area contributed by atoms with Crippen LogP contribution in [0, 0.1) is 0 Å². The summed E-state index contributed by atoms with van der Waals surface area (Å²) in [5, 5.41) is 7.55. The minimum atomic E-state index is -1.19. The monoisotopic (exact) mass is 361 g/mol. The highest BCUT2D eigenvalue weighted by atomic mass is 16.2. The Morgan fingerprint density at radius 1 is 1.07 bits per heavy atom. The molecule has 1 aliphatic rings. The number of benzene rings is 2. The Bertz CT molecular complexity index is 1100. The third-order valence-corrected chi connectivity index (χ3v) is 4.42. The van der Waals surface area contributed by atoms with Gasteiger partial charge in [-0.05, 0) is 36.8 Å². The molecule has 0 radical (unpaired) electrons. The Morgan fingerprint density at radius 3 is 2.59 bits per heavy atom. The fourth-order valence-corrected chi connectivity index (χ4v) is 2.92. The Balaban J connectivity index is 1.60. The van der Waals surface area contributed by atoms with E-state index in [9.17, 15) is 14.4 Å². The van der Waals surface area contributed by atoms with E-state index in [2.05, 4.69) is 25.9 Å². The van der Waals surface area contributed by atoms with Gasteiger partial charge in [-0.25, -0.2) is 9.78 Å². The van der Waals surface area contributed by atoms with Crippen LogP contribution in [0.2, 0.25) is 0 Å². The first-order valence-corrected chi connectivity index (χ1v) is 8.23. The molecule has 0 spiro atoms. The van der Waals surface area contributed by atoms with E-state index >= 15 is 0 Å². The van der Waals surface area contributed by atoms with E-state index in [0.29, 0.717) is 22.3 Å². The van der Waals surface area contributed by atoms with E-state index in [1.807, 2.05) is 18.2 Å². The number of hydrogen-bond acceptors (Lipinski definition) is 5. The van der Waals surface area contributed by atoms with Crippen molar-refractivity contribution in [1.82, 2.24) is 20.6 Å². The average Bonchev–Trinajstić information content (AvgIpc) is 2.94. The van der Waals surface area contributed by atoms with Crippen molar-refractivity contribution in [2.24, 2.45) is 0 Å². The van der Waals surface area contributed by atoms with Gasteiger partial charge in [0.15, 0.2) is 0 Å². The molecular weight excluding hydrogens is 346 g/mol. The Labute approximate surface area is 154 Å². The second kappa shape index (κ2) is 6.17. The zero-order valence-electron chi connectivity index (χ0n) is 14.3. The first-order valence-electron chi connectivity index (χ1n) is 8.23. The van der Waals surface area contributed by atoms with Gasteiger partial charge in [0, 0.05) is 5.69 Å². The molecule has 0 saturated carbocycles. The molecule has 0 unspecified atom stereocenters. The van der Waals surface area contributed by atoms with Crippen LogP contribution in [-0.2, 0) is 10.3 Å². The van der Waals surface area contributed by atoms with Crippen LogP contribution in [-0.4, -0.2) is 27.8 Å². The number of nitrogens with one attached hydrogen (secondary N) is 3. The van der Waals surface area contributed by atoms with E-state index in [-0.39, 0.29) is 5.69 Å². The van der Waals surface area contributed by atoms with Crippen LogP contribution in [0.3, 0.4) is 0 Å². The molecule has 2 aromatic carbocycles. The van der Waals surface area contributed by atoms with Crippen LogP contribution < -0.4 is 16.0 Å². The standard InChI is InChI=1S/C19H15N5O3/c1-19(17(26)23-18(27)24-19)11-5-4-6-12(9-11)21-16(25)15-10-20-13-7-2-3-8-14(13)22-15/h2-10H,1H3,(H,21,25)(H2,23,24,26,27)/t19-/m0/s1. The minimum absolute atomic E-state index is 0.178. The summed E-state index contributed by atoms with van der Waals surface area (Å²) in [5.74, 6) is -0.869. The molecule has 8 heteroatoms. The summed E-state index contributed by atoms with van der Waals surface area (Å²) in [6, 6.07) is 13.4. The molecular formula is C19H15N5O3. The van der Waals surface area contributed by atoms with Crippen LogP contribution in [0.25, 0.3) is 11.0 Å². The topological polar surface area (TPSA) is 113 Å². The van der Waals surface area contributed by atoms with Crippen molar-refractivity contribution in [3.05, 3.63) is 66.0 Å². The van der Waals surface area contributed by atoms with E-state index in [1.165, 1.54) is 6.20 Å².